The number of rotatable bonds is 10. The van der Waals surface area contributed by atoms with Crippen LogP contribution in [-0.4, -0.2) is 82.0 Å². The zero-order valence-electron chi connectivity index (χ0n) is 20.5. The molecule has 0 spiro atoms. The van der Waals surface area contributed by atoms with Crippen LogP contribution < -0.4 is 14.4 Å². The number of fused-ring (bicyclic) bond motifs is 1. The summed E-state index contributed by atoms with van der Waals surface area (Å²) in [6.07, 6.45) is 1.94. The summed E-state index contributed by atoms with van der Waals surface area (Å²) < 4.78 is 17.1. The molecule has 0 aromatic heterocycles. The highest BCUT2D eigenvalue weighted by molar-refractivity contribution is 6.35. The van der Waals surface area contributed by atoms with Gasteiger partial charge in [-0.2, -0.15) is 0 Å². The summed E-state index contributed by atoms with van der Waals surface area (Å²) in [6.45, 7) is 11.3. The number of morpholine rings is 1. The molecule has 7 nitrogen and oxygen atoms in total. The van der Waals surface area contributed by atoms with Crippen molar-refractivity contribution in [2.24, 2.45) is 0 Å². The minimum Gasteiger partial charge on any atom is -0.497 e. The van der Waals surface area contributed by atoms with Crippen LogP contribution in [0.5, 0.6) is 11.5 Å². The lowest BCUT2D eigenvalue weighted by Crippen LogP contribution is -2.45. The number of para-hydroxylation sites is 1. The molecule has 0 radical (unpaired) electrons. The van der Waals surface area contributed by atoms with Gasteiger partial charge in [0.15, 0.2) is 0 Å². The molecule has 0 saturated carbocycles. The van der Waals surface area contributed by atoms with Crippen LogP contribution in [-0.2, 0) is 9.53 Å². The molecular weight excluding hydrogens is 430 g/mol. The first kappa shape index (κ1) is 24.3. The van der Waals surface area contributed by atoms with Gasteiger partial charge in [-0.3, -0.25) is 14.6 Å². The Kier molecular flexibility index (Phi) is 8.21. The number of carbonyl (C=O) groups excluding carboxylic acids is 1. The van der Waals surface area contributed by atoms with Crippen molar-refractivity contribution in [3.05, 3.63) is 53.6 Å². The first-order valence-corrected chi connectivity index (χ1v) is 12.1. The largest absolute Gasteiger partial charge is 0.497 e. The SMILES string of the molecule is CCN(CC)CCOc1ccc(OC)cc1C=C1C(=O)N(CN2CCOCC2)c2ccccc21. The van der Waals surface area contributed by atoms with Gasteiger partial charge >= 0.3 is 0 Å². The summed E-state index contributed by atoms with van der Waals surface area (Å²) in [5, 5.41) is 0. The Morgan fingerprint density at radius 2 is 1.85 bits per heavy atom. The van der Waals surface area contributed by atoms with Gasteiger partial charge in [0.1, 0.15) is 18.1 Å². The molecule has 0 N–H and O–H groups in total. The van der Waals surface area contributed by atoms with Crippen molar-refractivity contribution in [3.8, 4) is 11.5 Å². The number of benzene rings is 2. The highest BCUT2D eigenvalue weighted by atomic mass is 16.5. The summed E-state index contributed by atoms with van der Waals surface area (Å²) in [6, 6.07) is 13.7. The molecule has 1 saturated heterocycles. The van der Waals surface area contributed by atoms with Crippen LogP contribution in [0.25, 0.3) is 11.6 Å². The smallest absolute Gasteiger partial charge is 0.260 e. The molecule has 2 aromatic rings. The van der Waals surface area contributed by atoms with E-state index in [1.54, 1.807) is 7.11 Å². The first-order chi connectivity index (χ1) is 16.6. The maximum absolute atomic E-state index is 13.6. The lowest BCUT2D eigenvalue weighted by molar-refractivity contribution is -0.113. The molecule has 4 rings (SSSR count). The lowest BCUT2D eigenvalue weighted by atomic mass is 10.0. The molecule has 1 fully saturated rings. The monoisotopic (exact) mass is 465 g/mol. The van der Waals surface area contributed by atoms with Crippen LogP contribution in [0.1, 0.15) is 25.0 Å². The van der Waals surface area contributed by atoms with E-state index in [1.165, 1.54) is 0 Å². The average molecular weight is 466 g/mol. The number of anilines is 1. The minimum atomic E-state index is 0.00426. The van der Waals surface area contributed by atoms with Crippen LogP contribution in [0.2, 0.25) is 0 Å². The van der Waals surface area contributed by atoms with Crippen molar-refractivity contribution in [1.29, 1.82) is 0 Å². The van der Waals surface area contributed by atoms with E-state index in [9.17, 15) is 4.79 Å². The fourth-order valence-corrected chi connectivity index (χ4v) is 4.41. The Morgan fingerprint density at radius 1 is 1.09 bits per heavy atom. The number of nitrogens with zero attached hydrogens (tertiary/aromatic N) is 3. The van der Waals surface area contributed by atoms with Gasteiger partial charge in [0.25, 0.3) is 5.91 Å². The summed E-state index contributed by atoms with van der Waals surface area (Å²) in [5.74, 6) is 1.48. The van der Waals surface area contributed by atoms with E-state index >= 15 is 0 Å². The predicted octanol–water partition coefficient (Wildman–Crippen LogP) is 3.59. The molecule has 7 heteroatoms. The van der Waals surface area contributed by atoms with Gasteiger partial charge in [-0.25, -0.2) is 0 Å². The minimum absolute atomic E-state index is 0.00426. The van der Waals surface area contributed by atoms with Crippen molar-refractivity contribution in [2.45, 2.75) is 13.8 Å². The molecule has 2 aliphatic rings. The molecule has 0 bridgehead atoms. The maximum atomic E-state index is 13.6. The van der Waals surface area contributed by atoms with E-state index in [0.717, 1.165) is 61.0 Å². The molecule has 2 aliphatic heterocycles. The molecule has 2 heterocycles. The van der Waals surface area contributed by atoms with E-state index in [4.69, 9.17) is 14.2 Å². The molecule has 0 aliphatic carbocycles. The van der Waals surface area contributed by atoms with Gasteiger partial charge in [-0.15, -0.1) is 0 Å². The zero-order chi connectivity index (χ0) is 23.9. The number of methoxy groups -OCH3 is 1. The third-order valence-electron chi connectivity index (χ3n) is 6.48. The fourth-order valence-electron chi connectivity index (χ4n) is 4.41. The number of amides is 1. The Morgan fingerprint density at radius 3 is 2.59 bits per heavy atom. The van der Waals surface area contributed by atoms with Crippen LogP contribution in [0.4, 0.5) is 5.69 Å². The standard InChI is InChI=1S/C27H35N3O4/c1-4-28(5-2)14-17-34-26-11-10-22(32-3)18-21(26)19-24-23-8-6-7-9-25(23)30(27(24)31)20-29-12-15-33-16-13-29/h6-11,18-19H,4-5,12-17,20H2,1-3H3. The van der Waals surface area contributed by atoms with Crippen LogP contribution in [0, 0.1) is 0 Å². The highest BCUT2D eigenvalue weighted by Crippen LogP contribution is 2.39. The third kappa shape index (κ3) is 5.43. The van der Waals surface area contributed by atoms with E-state index < -0.39 is 0 Å². The van der Waals surface area contributed by atoms with Gasteiger partial charge in [-0.1, -0.05) is 32.0 Å². The summed E-state index contributed by atoms with van der Waals surface area (Å²) in [5.41, 5.74) is 3.39. The molecule has 2 aromatic carbocycles. The van der Waals surface area contributed by atoms with Crippen LogP contribution in [0.15, 0.2) is 42.5 Å². The predicted molar refractivity (Wildman–Crippen MR) is 135 cm³/mol. The van der Waals surface area contributed by atoms with E-state index in [0.29, 0.717) is 32.1 Å². The molecular formula is C27H35N3O4. The number of likely N-dealkylation sites (N-methyl/N-ethyl adjacent to an activating group) is 1. The Bertz CT molecular complexity index is 1010. The highest BCUT2D eigenvalue weighted by Gasteiger charge is 2.33. The van der Waals surface area contributed by atoms with Gasteiger partial charge in [0.2, 0.25) is 0 Å². The van der Waals surface area contributed by atoms with Crippen molar-refractivity contribution in [3.63, 3.8) is 0 Å². The van der Waals surface area contributed by atoms with E-state index in [-0.39, 0.29) is 5.91 Å². The number of hydrogen-bond acceptors (Lipinski definition) is 6. The molecule has 0 unspecified atom stereocenters. The Hall–Kier alpha value is -2.87. The lowest BCUT2D eigenvalue weighted by Gasteiger charge is -2.30. The maximum Gasteiger partial charge on any atom is 0.260 e. The van der Waals surface area contributed by atoms with E-state index in [2.05, 4.69) is 23.6 Å². The van der Waals surface area contributed by atoms with Crippen LogP contribution >= 0.6 is 0 Å². The second-order valence-electron chi connectivity index (χ2n) is 8.46. The van der Waals surface area contributed by atoms with Gasteiger partial charge < -0.3 is 19.1 Å². The van der Waals surface area contributed by atoms with Gasteiger partial charge in [-0.05, 0) is 43.4 Å². The normalized spacial score (nSPS) is 17.5. The van der Waals surface area contributed by atoms with Crippen molar-refractivity contribution in [2.75, 3.05) is 71.2 Å². The third-order valence-corrected chi connectivity index (χ3v) is 6.48. The summed E-state index contributed by atoms with van der Waals surface area (Å²) >= 11 is 0. The van der Waals surface area contributed by atoms with Crippen molar-refractivity contribution >= 4 is 23.2 Å². The van der Waals surface area contributed by atoms with Gasteiger partial charge in [0.05, 0.1) is 32.7 Å². The Balaban J connectivity index is 1.62. The van der Waals surface area contributed by atoms with Gasteiger partial charge in [0, 0.05) is 36.3 Å². The second-order valence-corrected chi connectivity index (χ2v) is 8.46. The quantitative estimate of drug-likeness (QED) is 0.500. The van der Waals surface area contributed by atoms with Crippen molar-refractivity contribution in [1.82, 2.24) is 9.80 Å². The van der Waals surface area contributed by atoms with Crippen molar-refractivity contribution < 1.29 is 19.0 Å². The van der Waals surface area contributed by atoms with Crippen LogP contribution in [0.3, 0.4) is 0 Å². The molecule has 34 heavy (non-hydrogen) atoms. The first-order valence-electron chi connectivity index (χ1n) is 12.1. The number of hydrogen-bond donors (Lipinski definition) is 0. The fraction of sp³-hybridized carbons (Fsp3) is 0.444. The average Bonchev–Trinajstić information content (AvgIpc) is 3.14. The Labute approximate surface area is 202 Å². The molecule has 0 atom stereocenters. The topological polar surface area (TPSA) is 54.5 Å². The molecule has 182 valence electrons. The number of carbonyl (C=O) groups is 1. The number of ether oxygens (including phenoxy) is 3. The summed E-state index contributed by atoms with van der Waals surface area (Å²) in [4.78, 5) is 20.1. The zero-order valence-corrected chi connectivity index (χ0v) is 20.5. The summed E-state index contributed by atoms with van der Waals surface area (Å²) in [7, 11) is 1.65. The second kappa shape index (κ2) is 11.5. The molecule has 1 amide bonds. The van der Waals surface area contributed by atoms with E-state index in [1.807, 2.05) is 53.4 Å².